The third-order valence-electron chi connectivity index (χ3n) is 3.60. The van der Waals surface area contributed by atoms with Gasteiger partial charge < -0.3 is 15.7 Å². The molecule has 1 aliphatic rings. The molecule has 0 atom stereocenters. The molecule has 0 aliphatic heterocycles. The van der Waals surface area contributed by atoms with E-state index >= 15 is 0 Å². The first-order chi connectivity index (χ1) is 10.6. The quantitative estimate of drug-likeness (QED) is 0.718. The fourth-order valence-electron chi connectivity index (χ4n) is 2.47. The van der Waals surface area contributed by atoms with Crippen molar-refractivity contribution >= 4 is 29.4 Å². The van der Waals surface area contributed by atoms with Gasteiger partial charge in [0.1, 0.15) is 0 Å². The zero-order chi connectivity index (χ0) is 15.8. The lowest BCUT2D eigenvalue weighted by molar-refractivity contribution is -0.136. The standard InChI is InChI=1S/C16H22N2O3S/c19-15(20)8-9-17-16(21)18-13-5-3-4-12(10-13)11-22-14-6-1-2-7-14/h3-5,10,14H,1-2,6-9,11H2,(H,19,20)(H2,17,18,21). The molecule has 0 radical (unpaired) electrons. The Hall–Kier alpha value is -1.69. The third-order valence-corrected chi connectivity index (χ3v) is 5.04. The zero-order valence-corrected chi connectivity index (χ0v) is 13.3. The Bertz CT molecular complexity index is 516. The van der Waals surface area contributed by atoms with Crippen LogP contribution in [0, 0.1) is 0 Å². The maximum absolute atomic E-state index is 11.7. The second-order valence-electron chi connectivity index (χ2n) is 5.44. The van der Waals surface area contributed by atoms with Gasteiger partial charge in [0.05, 0.1) is 6.42 Å². The van der Waals surface area contributed by atoms with Crippen molar-refractivity contribution in [3.63, 3.8) is 0 Å². The molecule has 1 saturated carbocycles. The Morgan fingerprint density at radius 3 is 2.77 bits per heavy atom. The van der Waals surface area contributed by atoms with Crippen molar-refractivity contribution in [1.82, 2.24) is 5.32 Å². The van der Waals surface area contributed by atoms with E-state index in [9.17, 15) is 9.59 Å². The van der Waals surface area contributed by atoms with Crippen LogP contribution >= 0.6 is 11.8 Å². The number of hydrogen-bond acceptors (Lipinski definition) is 3. The van der Waals surface area contributed by atoms with E-state index in [1.165, 1.54) is 31.2 Å². The number of carbonyl (C=O) groups is 2. The fraction of sp³-hybridized carbons (Fsp3) is 0.500. The highest BCUT2D eigenvalue weighted by atomic mass is 32.2. The van der Waals surface area contributed by atoms with Gasteiger partial charge in [0.15, 0.2) is 0 Å². The molecule has 120 valence electrons. The molecule has 5 nitrogen and oxygen atoms in total. The van der Waals surface area contributed by atoms with Gasteiger partial charge in [-0.3, -0.25) is 4.79 Å². The largest absolute Gasteiger partial charge is 0.481 e. The van der Waals surface area contributed by atoms with Crippen LogP contribution in [-0.4, -0.2) is 28.9 Å². The number of hydrogen-bond donors (Lipinski definition) is 3. The number of urea groups is 1. The second-order valence-corrected chi connectivity index (χ2v) is 6.73. The molecule has 1 aromatic rings. The number of thioether (sulfide) groups is 1. The van der Waals surface area contributed by atoms with Gasteiger partial charge >= 0.3 is 12.0 Å². The van der Waals surface area contributed by atoms with Crippen molar-refractivity contribution in [3.8, 4) is 0 Å². The molecule has 0 heterocycles. The first-order valence-corrected chi connectivity index (χ1v) is 8.65. The van der Waals surface area contributed by atoms with Crippen LogP contribution < -0.4 is 10.6 Å². The summed E-state index contributed by atoms with van der Waals surface area (Å²) in [4.78, 5) is 22.0. The SMILES string of the molecule is O=C(O)CCNC(=O)Nc1cccc(CSC2CCCC2)c1. The number of anilines is 1. The molecule has 0 spiro atoms. The van der Waals surface area contributed by atoms with E-state index in [0.29, 0.717) is 0 Å². The number of benzene rings is 1. The summed E-state index contributed by atoms with van der Waals surface area (Å²) >= 11 is 1.99. The number of rotatable bonds is 7. The normalized spacial score (nSPS) is 14.7. The van der Waals surface area contributed by atoms with Crippen LogP contribution in [0.15, 0.2) is 24.3 Å². The number of aliphatic carboxylic acids is 1. The summed E-state index contributed by atoms with van der Waals surface area (Å²) in [5.41, 5.74) is 1.93. The van der Waals surface area contributed by atoms with Crippen LogP contribution in [0.3, 0.4) is 0 Å². The average molecular weight is 322 g/mol. The molecular weight excluding hydrogens is 300 g/mol. The Balaban J connectivity index is 1.77. The molecule has 0 unspecified atom stereocenters. The van der Waals surface area contributed by atoms with Crippen molar-refractivity contribution in [2.75, 3.05) is 11.9 Å². The van der Waals surface area contributed by atoms with Crippen LogP contribution in [0.5, 0.6) is 0 Å². The van der Waals surface area contributed by atoms with Gasteiger partial charge in [0.2, 0.25) is 0 Å². The lowest BCUT2D eigenvalue weighted by Gasteiger charge is -2.10. The minimum Gasteiger partial charge on any atom is -0.481 e. The van der Waals surface area contributed by atoms with Gasteiger partial charge in [-0.1, -0.05) is 25.0 Å². The second kappa shape index (κ2) is 8.68. The van der Waals surface area contributed by atoms with E-state index < -0.39 is 5.97 Å². The molecule has 6 heteroatoms. The lowest BCUT2D eigenvalue weighted by atomic mass is 10.2. The summed E-state index contributed by atoms with van der Waals surface area (Å²) in [5.74, 6) is 0.0344. The molecule has 22 heavy (non-hydrogen) atoms. The van der Waals surface area contributed by atoms with Crippen LogP contribution in [0.2, 0.25) is 0 Å². The van der Waals surface area contributed by atoms with E-state index in [4.69, 9.17) is 5.11 Å². The van der Waals surface area contributed by atoms with Gasteiger partial charge in [-0.05, 0) is 30.5 Å². The minimum atomic E-state index is -0.925. The topological polar surface area (TPSA) is 78.4 Å². The van der Waals surface area contributed by atoms with E-state index in [2.05, 4.69) is 16.7 Å². The number of carbonyl (C=O) groups excluding carboxylic acids is 1. The van der Waals surface area contributed by atoms with Crippen LogP contribution in [0.4, 0.5) is 10.5 Å². The van der Waals surface area contributed by atoms with Gasteiger partial charge in [0.25, 0.3) is 0 Å². The molecular formula is C16H22N2O3S. The predicted octanol–water partition coefficient (Wildman–Crippen LogP) is 3.46. The Morgan fingerprint density at radius 2 is 2.05 bits per heavy atom. The summed E-state index contributed by atoms with van der Waals surface area (Å²) in [6.45, 7) is 0.123. The smallest absolute Gasteiger partial charge is 0.319 e. The highest BCUT2D eigenvalue weighted by molar-refractivity contribution is 7.99. The molecule has 1 aromatic carbocycles. The first-order valence-electron chi connectivity index (χ1n) is 7.60. The number of carboxylic acids is 1. The Labute approximate surface area is 134 Å². The molecule has 0 aromatic heterocycles. The molecule has 3 N–H and O–H groups in total. The molecule has 0 saturated heterocycles. The lowest BCUT2D eigenvalue weighted by Crippen LogP contribution is -2.30. The maximum atomic E-state index is 11.7. The highest BCUT2D eigenvalue weighted by Gasteiger charge is 2.15. The molecule has 0 bridgehead atoms. The van der Waals surface area contributed by atoms with E-state index in [0.717, 1.165) is 16.7 Å². The zero-order valence-electron chi connectivity index (χ0n) is 12.5. The van der Waals surface area contributed by atoms with Crippen molar-refractivity contribution in [3.05, 3.63) is 29.8 Å². The van der Waals surface area contributed by atoms with Crippen LogP contribution in [-0.2, 0) is 10.5 Å². The summed E-state index contributed by atoms with van der Waals surface area (Å²) in [6.07, 6.45) is 5.24. The van der Waals surface area contributed by atoms with Crippen molar-refractivity contribution in [1.29, 1.82) is 0 Å². The van der Waals surface area contributed by atoms with Crippen molar-refractivity contribution < 1.29 is 14.7 Å². The number of amides is 2. The Kier molecular flexibility index (Phi) is 6.58. The summed E-state index contributed by atoms with van der Waals surface area (Å²) < 4.78 is 0. The molecule has 1 aliphatic carbocycles. The van der Waals surface area contributed by atoms with Gasteiger partial charge in [-0.25, -0.2) is 4.79 Å². The van der Waals surface area contributed by atoms with Crippen LogP contribution in [0.1, 0.15) is 37.7 Å². The third kappa shape index (κ3) is 5.97. The van der Waals surface area contributed by atoms with Crippen LogP contribution in [0.25, 0.3) is 0 Å². The van der Waals surface area contributed by atoms with Gasteiger partial charge in [-0.2, -0.15) is 11.8 Å². The fourth-order valence-corrected chi connectivity index (χ4v) is 3.74. The number of carboxylic acid groups (broad SMARTS) is 1. The summed E-state index contributed by atoms with van der Waals surface area (Å²) in [6, 6.07) is 7.42. The molecule has 2 amide bonds. The van der Waals surface area contributed by atoms with E-state index in [-0.39, 0.29) is 19.0 Å². The van der Waals surface area contributed by atoms with Gasteiger partial charge in [-0.15, -0.1) is 0 Å². The van der Waals surface area contributed by atoms with E-state index in [1.807, 2.05) is 30.0 Å². The highest BCUT2D eigenvalue weighted by Crippen LogP contribution is 2.31. The maximum Gasteiger partial charge on any atom is 0.319 e. The number of nitrogens with one attached hydrogen (secondary N) is 2. The monoisotopic (exact) mass is 322 g/mol. The summed E-state index contributed by atoms with van der Waals surface area (Å²) in [7, 11) is 0. The minimum absolute atomic E-state index is 0.0779. The van der Waals surface area contributed by atoms with Crippen molar-refractivity contribution in [2.45, 2.75) is 43.1 Å². The van der Waals surface area contributed by atoms with Crippen molar-refractivity contribution in [2.24, 2.45) is 0 Å². The van der Waals surface area contributed by atoms with E-state index in [1.54, 1.807) is 0 Å². The predicted molar refractivity (Wildman–Crippen MR) is 89.3 cm³/mol. The Morgan fingerprint density at radius 1 is 1.27 bits per heavy atom. The molecule has 1 fully saturated rings. The average Bonchev–Trinajstić information content (AvgIpc) is 2.98. The van der Waals surface area contributed by atoms with Gasteiger partial charge in [0, 0.05) is 23.2 Å². The first kappa shape index (κ1) is 16.7. The molecule has 2 rings (SSSR count). The summed E-state index contributed by atoms with van der Waals surface area (Å²) in [5, 5.41) is 14.6.